The number of hydrogen-bond donors (Lipinski definition) is 2. The van der Waals surface area contributed by atoms with Gasteiger partial charge in [0, 0.05) is 36.6 Å². The van der Waals surface area contributed by atoms with Gasteiger partial charge in [0.05, 0.1) is 5.56 Å². The number of hydrogen-bond acceptors (Lipinski definition) is 3. The van der Waals surface area contributed by atoms with Gasteiger partial charge in [0.1, 0.15) is 5.82 Å². The van der Waals surface area contributed by atoms with Gasteiger partial charge in [-0.2, -0.15) is 0 Å². The number of carbonyl (C=O) groups is 2. The van der Waals surface area contributed by atoms with E-state index in [-0.39, 0.29) is 30.5 Å². The second-order valence-corrected chi connectivity index (χ2v) is 6.46. The van der Waals surface area contributed by atoms with Crippen LogP contribution in [0, 0.1) is 5.82 Å². The summed E-state index contributed by atoms with van der Waals surface area (Å²) in [6.45, 7) is 1.41. The van der Waals surface area contributed by atoms with E-state index in [2.05, 4.69) is 21.2 Å². The van der Waals surface area contributed by atoms with Crippen molar-refractivity contribution in [3.63, 3.8) is 0 Å². The van der Waals surface area contributed by atoms with Crippen LogP contribution in [-0.4, -0.2) is 42.4 Å². The van der Waals surface area contributed by atoms with Crippen molar-refractivity contribution in [1.82, 2.24) is 10.2 Å². The molecule has 0 saturated carbocycles. The van der Waals surface area contributed by atoms with Gasteiger partial charge >= 0.3 is 0 Å². The molecule has 0 aliphatic carbocycles. The number of nitrogens with one attached hydrogen (secondary N) is 1. The lowest BCUT2D eigenvalue weighted by Gasteiger charge is -2.35. The summed E-state index contributed by atoms with van der Waals surface area (Å²) in [7, 11) is 0. The van der Waals surface area contributed by atoms with Gasteiger partial charge < -0.3 is 16.0 Å². The van der Waals surface area contributed by atoms with Crippen LogP contribution in [0.1, 0.15) is 36.0 Å². The molecule has 1 aliphatic rings. The van der Waals surface area contributed by atoms with E-state index < -0.39 is 11.7 Å². The highest BCUT2D eigenvalue weighted by molar-refractivity contribution is 9.10. The number of rotatable bonds is 5. The summed E-state index contributed by atoms with van der Waals surface area (Å²) < 4.78 is 13.7. The first-order valence-electron chi connectivity index (χ1n) is 7.75. The molecule has 1 fully saturated rings. The normalized spacial score (nSPS) is 17.9. The predicted octanol–water partition coefficient (Wildman–Crippen LogP) is 2.05. The van der Waals surface area contributed by atoms with E-state index >= 15 is 0 Å². The lowest BCUT2D eigenvalue weighted by Crippen LogP contribution is -2.48. The van der Waals surface area contributed by atoms with Crippen LogP contribution < -0.4 is 11.1 Å². The molecule has 23 heavy (non-hydrogen) atoms. The minimum Gasteiger partial charge on any atom is -0.351 e. The van der Waals surface area contributed by atoms with Gasteiger partial charge in [-0.15, -0.1) is 0 Å². The summed E-state index contributed by atoms with van der Waals surface area (Å²) >= 11 is 3.22. The summed E-state index contributed by atoms with van der Waals surface area (Å²) in [5.74, 6) is -0.884. The zero-order valence-corrected chi connectivity index (χ0v) is 14.4. The van der Waals surface area contributed by atoms with Crippen LogP contribution in [0.2, 0.25) is 0 Å². The molecule has 2 rings (SSSR count). The molecular weight excluding hydrogens is 365 g/mol. The van der Waals surface area contributed by atoms with Crippen molar-refractivity contribution in [2.75, 3.05) is 19.6 Å². The topological polar surface area (TPSA) is 75.4 Å². The number of amides is 2. The highest BCUT2D eigenvalue weighted by atomic mass is 79.9. The fraction of sp³-hybridized carbons (Fsp3) is 0.500. The Hall–Kier alpha value is -1.47. The summed E-state index contributed by atoms with van der Waals surface area (Å²) in [5, 5.41) is 2.66. The monoisotopic (exact) mass is 385 g/mol. The van der Waals surface area contributed by atoms with Gasteiger partial charge in [-0.1, -0.05) is 0 Å². The van der Waals surface area contributed by atoms with Crippen LogP contribution in [0.5, 0.6) is 0 Å². The molecule has 0 bridgehead atoms. The molecule has 7 heteroatoms. The zero-order valence-electron chi connectivity index (χ0n) is 12.9. The summed E-state index contributed by atoms with van der Waals surface area (Å²) in [6.07, 6.45) is 3.24. The van der Waals surface area contributed by atoms with Gasteiger partial charge in [0.25, 0.3) is 5.91 Å². The van der Waals surface area contributed by atoms with Crippen molar-refractivity contribution in [2.24, 2.45) is 5.73 Å². The molecule has 3 N–H and O–H groups in total. The quantitative estimate of drug-likeness (QED) is 0.814. The second-order valence-electron chi connectivity index (χ2n) is 5.60. The molecule has 1 heterocycles. The van der Waals surface area contributed by atoms with Gasteiger partial charge in [0.2, 0.25) is 5.91 Å². The van der Waals surface area contributed by atoms with Crippen molar-refractivity contribution >= 4 is 27.7 Å². The van der Waals surface area contributed by atoms with Crippen LogP contribution in [-0.2, 0) is 4.79 Å². The molecular formula is C16H21BrFN3O2. The predicted molar refractivity (Wildman–Crippen MR) is 89.5 cm³/mol. The molecule has 1 aliphatic heterocycles. The van der Waals surface area contributed by atoms with Crippen LogP contribution in [0.25, 0.3) is 0 Å². The molecule has 5 nitrogen and oxygen atoms in total. The maximum absolute atomic E-state index is 13.2. The number of nitrogens with zero attached hydrogens (tertiary/aromatic N) is 1. The molecule has 126 valence electrons. The average molecular weight is 386 g/mol. The Bertz CT molecular complexity index is 582. The number of halogens is 2. The first-order valence-corrected chi connectivity index (χ1v) is 8.55. The number of likely N-dealkylation sites (tertiary alicyclic amines) is 1. The lowest BCUT2D eigenvalue weighted by atomic mass is 10.0. The SMILES string of the molecule is NCC1CCCCN1C(=O)CCNC(=O)c1cc(F)ccc1Br. The lowest BCUT2D eigenvalue weighted by molar-refractivity contribution is -0.134. The Morgan fingerprint density at radius 1 is 1.39 bits per heavy atom. The maximum atomic E-state index is 13.2. The molecule has 0 aromatic heterocycles. The fourth-order valence-corrected chi connectivity index (χ4v) is 3.19. The van der Waals surface area contributed by atoms with E-state index in [1.165, 1.54) is 12.1 Å². The Morgan fingerprint density at radius 2 is 2.17 bits per heavy atom. The Balaban J connectivity index is 1.85. The van der Waals surface area contributed by atoms with E-state index in [0.29, 0.717) is 11.0 Å². The van der Waals surface area contributed by atoms with E-state index in [0.717, 1.165) is 31.9 Å². The van der Waals surface area contributed by atoms with Gasteiger partial charge in [-0.05, 0) is 53.4 Å². The van der Waals surface area contributed by atoms with Gasteiger partial charge in [0.15, 0.2) is 0 Å². The van der Waals surface area contributed by atoms with Gasteiger partial charge in [-0.25, -0.2) is 4.39 Å². The van der Waals surface area contributed by atoms with Crippen molar-refractivity contribution in [1.29, 1.82) is 0 Å². The molecule has 1 unspecified atom stereocenters. The Kier molecular flexibility index (Phi) is 6.53. The summed E-state index contributed by atoms with van der Waals surface area (Å²) in [5.41, 5.74) is 5.93. The molecule has 0 radical (unpaired) electrons. The van der Waals surface area contributed by atoms with Crippen LogP contribution in [0.3, 0.4) is 0 Å². The smallest absolute Gasteiger partial charge is 0.252 e. The van der Waals surface area contributed by atoms with Crippen LogP contribution >= 0.6 is 15.9 Å². The van der Waals surface area contributed by atoms with E-state index in [9.17, 15) is 14.0 Å². The number of piperidine rings is 1. The maximum Gasteiger partial charge on any atom is 0.252 e. The van der Waals surface area contributed by atoms with Gasteiger partial charge in [-0.3, -0.25) is 9.59 Å². The third kappa shape index (κ3) is 4.75. The number of benzene rings is 1. The van der Waals surface area contributed by atoms with Crippen molar-refractivity contribution < 1.29 is 14.0 Å². The van der Waals surface area contributed by atoms with E-state index in [1.54, 1.807) is 0 Å². The summed E-state index contributed by atoms with van der Waals surface area (Å²) in [6, 6.07) is 4.02. The Labute approximate surface area is 143 Å². The highest BCUT2D eigenvalue weighted by Crippen LogP contribution is 2.18. The van der Waals surface area contributed by atoms with Crippen molar-refractivity contribution in [2.45, 2.75) is 31.7 Å². The first kappa shape index (κ1) is 17.9. The third-order valence-electron chi connectivity index (χ3n) is 4.02. The minimum absolute atomic E-state index is 0.00115. The number of carbonyl (C=O) groups excluding carboxylic acids is 2. The highest BCUT2D eigenvalue weighted by Gasteiger charge is 2.25. The largest absolute Gasteiger partial charge is 0.351 e. The second kappa shape index (κ2) is 8.40. The molecule has 1 saturated heterocycles. The van der Waals surface area contributed by atoms with Crippen molar-refractivity contribution in [3.05, 3.63) is 34.1 Å². The molecule has 2 amide bonds. The van der Waals surface area contributed by atoms with Crippen LogP contribution in [0.15, 0.2) is 22.7 Å². The first-order chi connectivity index (χ1) is 11.0. The van der Waals surface area contributed by atoms with Crippen LogP contribution in [0.4, 0.5) is 4.39 Å². The Morgan fingerprint density at radius 3 is 2.91 bits per heavy atom. The van der Waals surface area contributed by atoms with Crippen molar-refractivity contribution in [3.8, 4) is 0 Å². The van der Waals surface area contributed by atoms with E-state index in [4.69, 9.17) is 5.73 Å². The fourth-order valence-electron chi connectivity index (χ4n) is 2.77. The summed E-state index contributed by atoms with van der Waals surface area (Å²) in [4.78, 5) is 26.1. The molecule has 0 spiro atoms. The standard InChI is InChI=1S/C16H21BrFN3O2/c17-14-5-4-11(18)9-13(14)16(23)20-7-6-15(22)21-8-2-1-3-12(21)10-19/h4-5,9,12H,1-3,6-8,10,19H2,(H,20,23). The molecule has 1 atom stereocenters. The molecule has 1 aromatic rings. The average Bonchev–Trinajstić information content (AvgIpc) is 2.56. The zero-order chi connectivity index (χ0) is 16.8. The minimum atomic E-state index is -0.478. The number of nitrogens with two attached hydrogens (primary N) is 1. The van der Waals surface area contributed by atoms with E-state index in [1.807, 2.05) is 4.90 Å². The third-order valence-corrected chi connectivity index (χ3v) is 4.71. The molecule has 1 aromatic carbocycles.